The second kappa shape index (κ2) is 4.93. The summed E-state index contributed by atoms with van der Waals surface area (Å²) in [5.74, 6) is -1.01. The smallest absolute Gasteiger partial charge is 0.304 e. The molecule has 2 atom stereocenters. The highest BCUT2D eigenvalue weighted by Gasteiger charge is 2.22. The Morgan fingerprint density at radius 2 is 2.40 bits per heavy atom. The molecule has 0 aliphatic rings. The number of aromatic nitrogens is 2. The summed E-state index contributed by atoms with van der Waals surface area (Å²) in [6.45, 7) is 4.59. The topological polar surface area (TPSA) is 81.1 Å². The highest BCUT2D eigenvalue weighted by atomic mass is 16.4. The third kappa shape index (κ3) is 2.79. The van der Waals surface area contributed by atoms with E-state index in [1.165, 1.54) is 0 Å². The number of hydrogen-bond acceptors (Lipinski definition) is 3. The predicted molar refractivity (Wildman–Crippen MR) is 56.5 cm³/mol. The fourth-order valence-electron chi connectivity index (χ4n) is 1.65. The fourth-order valence-corrected chi connectivity index (χ4v) is 1.65. The zero-order valence-electron chi connectivity index (χ0n) is 9.05. The van der Waals surface area contributed by atoms with Gasteiger partial charge in [0.25, 0.3) is 0 Å². The molecule has 1 aromatic heterocycles. The Kier molecular flexibility index (Phi) is 3.85. The molecule has 3 N–H and O–H groups in total. The van der Waals surface area contributed by atoms with Gasteiger partial charge in [-0.05, 0) is 13.8 Å². The van der Waals surface area contributed by atoms with E-state index >= 15 is 0 Å². The minimum Gasteiger partial charge on any atom is -0.481 e. The number of nitrogens with zero attached hydrogens (tertiary/aromatic N) is 2. The highest BCUT2D eigenvalue weighted by molar-refractivity contribution is 5.68. The number of hydrogen-bond donors (Lipinski definition) is 2. The van der Waals surface area contributed by atoms with Crippen LogP contribution in [0.15, 0.2) is 12.5 Å². The fraction of sp³-hybridized carbons (Fsp3) is 0.600. The molecule has 0 aliphatic carbocycles. The molecule has 84 valence electrons. The maximum absolute atomic E-state index is 10.7. The first-order valence-electron chi connectivity index (χ1n) is 5.03. The second-order valence-corrected chi connectivity index (χ2v) is 3.67. The van der Waals surface area contributed by atoms with E-state index in [0.29, 0.717) is 0 Å². The second-order valence-electron chi connectivity index (χ2n) is 3.67. The molecule has 1 rings (SSSR count). The first-order chi connectivity index (χ1) is 7.06. The van der Waals surface area contributed by atoms with Crippen LogP contribution in [-0.2, 0) is 11.3 Å². The van der Waals surface area contributed by atoms with Crippen molar-refractivity contribution in [1.82, 2.24) is 9.55 Å². The molecule has 1 aromatic rings. The van der Waals surface area contributed by atoms with Crippen molar-refractivity contribution in [3.8, 4) is 0 Å². The standard InChI is InChI=1S/C10H17N3O2/c1-3-13-6-12-5-9(13)8(7(2)11)4-10(14)15/h5-8H,3-4,11H2,1-2H3,(H,14,15). The van der Waals surface area contributed by atoms with E-state index in [4.69, 9.17) is 10.8 Å². The maximum Gasteiger partial charge on any atom is 0.304 e. The summed E-state index contributed by atoms with van der Waals surface area (Å²) in [6.07, 6.45) is 3.44. The summed E-state index contributed by atoms with van der Waals surface area (Å²) in [4.78, 5) is 14.7. The predicted octanol–water partition coefficient (Wildman–Crippen LogP) is 0.808. The molecule has 0 amide bonds. The van der Waals surface area contributed by atoms with Crippen LogP contribution in [-0.4, -0.2) is 26.7 Å². The Bertz CT molecular complexity index is 333. The van der Waals surface area contributed by atoms with Crippen molar-refractivity contribution in [3.05, 3.63) is 18.2 Å². The van der Waals surface area contributed by atoms with Gasteiger partial charge in [-0.3, -0.25) is 4.79 Å². The Hall–Kier alpha value is -1.36. The van der Waals surface area contributed by atoms with Gasteiger partial charge in [-0.1, -0.05) is 0 Å². The lowest BCUT2D eigenvalue weighted by Gasteiger charge is -2.19. The number of aliphatic carboxylic acids is 1. The zero-order valence-corrected chi connectivity index (χ0v) is 9.05. The SMILES string of the molecule is CCn1cncc1C(CC(=O)O)C(C)N. The van der Waals surface area contributed by atoms with Crippen LogP contribution < -0.4 is 5.73 Å². The lowest BCUT2D eigenvalue weighted by molar-refractivity contribution is -0.137. The minimum absolute atomic E-state index is 0.0450. The average molecular weight is 211 g/mol. The van der Waals surface area contributed by atoms with E-state index in [1.807, 2.05) is 18.4 Å². The highest BCUT2D eigenvalue weighted by Crippen LogP contribution is 2.22. The van der Waals surface area contributed by atoms with Crippen molar-refractivity contribution in [2.24, 2.45) is 5.73 Å². The van der Waals surface area contributed by atoms with Gasteiger partial charge in [0.1, 0.15) is 0 Å². The molecule has 0 fully saturated rings. The number of nitrogens with two attached hydrogens (primary N) is 1. The molecule has 0 saturated carbocycles. The molecular formula is C10H17N3O2. The normalized spacial score (nSPS) is 14.9. The number of carboxylic acids is 1. The first-order valence-corrected chi connectivity index (χ1v) is 5.03. The Morgan fingerprint density at radius 1 is 1.73 bits per heavy atom. The molecule has 0 saturated heterocycles. The summed E-state index contributed by atoms with van der Waals surface area (Å²) in [5, 5.41) is 8.81. The number of imidazole rings is 1. The van der Waals surface area contributed by atoms with E-state index in [0.717, 1.165) is 12.2 Å². The molecule has 1 heterocycles. The Morgan fingerprint density at radius 3 is 2.87 bits per heavy atom. The zero-order chi connectivity index (χ0) is 11.4. The van der Waals surface area contributed by atoms with Gasteiger partial charge < -0.3 is 15.4 Å². The van der Waals surface area contributed by atoms with Crippen molar-refractivity contribution >= 4 is 5.97 Å². The van der Waals surface area contributed by atoms with Crippen molar-refractivity contribution in [1.29, 1.82) is 0 Å². The van der Waals surface area contributed by atoms with Gasteiger partial charge in [0.2, 0.25) is 0 Å². The largest absolute Gasteiger partial charge is 0.481 e. The van der Waals surface area contributed by atoms with Gasteiger partial charge in [0.05, 0.1) is 12.7 Å². The quantitative estimate of drug-likeness (QED) is 0.755. The van der Waals surface area contributed by atoms with Crippen LogP contribution in [0, 0.1) is 0 Å². The summed E-state index contributed by atoms with van der Waals surface area (Å²) in [5.41, 5.74) is 6.69. The summed E-state index contributed by atoms with van der Waals surface area (Å²) in [6, 6.07) is -0.192. The Labute approximate surface area is 88.9 Å². The maximum atomic E-state index is 10.7. The Balaban J connectivity index is 2.93. The van der Waals surface area contributed by atoms with Gasteiger partial charge in [0, 0.05) is 30.4 Å². The van der Waals surface area contributed by atoms with Gasteiger partial charge in [-0.15, -0.1) is 0 Å². The van der Waals surface area contributed by atoms with Crippen molar-refractivity contribution < 1.29 is 9.90 Å². The van der Waals surface area contributed by atoms with Crippen LogP contribution in [0.4, 0.5) is 0 Å². The molecule has 0 aliphatic heterocycles. The van der Waals surface area contributed by atoms with Gasteiger partial charge >= 0.3 is 5.97 Å². The van der Waals surface area contributed by atoms with E-state index in [2.05, 4.69) is 4.98 Å². The van der Waals surface area contributed by atoms with Crippen LogP contribution >= 0.6 is 0 Å². The molecule has 15 heavy (non-hydrogen) atoms. The van der Waals surface area contributed by atoms with E-state index in [9.17, 15) is 4.79 Å². The van der Waals surface area contributed by atoms with Crippen LogP contribution in [0.2, 0.25) is 0 Å². The summed E-state index contributed by atoms with van der Waals surface area (Å²) >= 11 is 0. The lowest BCUT2D eigenvalue weighted by atomic mass is 9.94. The van der Waals surface area contributed by atoms with Crippen molar-refractivity contribution in [2.75, 3.05) is 0 Å². The van der Waals surface area contributed by atoms with Crippen LogP contribution in [0.1, 0.15) is 31.9 Å². The molecule has 0 radical (unpaired) electrons. The van der Waals surface area contributed by atoms with Gasteiger partial charge in [-0.25, -0.2) is 4.98 Å². The molecule has 0 bridgehead atoms. The lowest BCUT2D eigenvalue weighted by Crippen LogP contribution is -2.28. The molecule has 5 nitrogen and oxygen atoms in total. The van der Waals surface area contributed by atoms with E-state index in [1.54, 1.807) is 12.5 Å². The molecule has 0 aromatic carbocycles. The van der Waals surface area contributed by atoms with E-state index in [-0.39, 0.29) is 18.4 Å². The van der Waals surface area contributed by atoms with Crippen LogP contribution in [0.5, 0.6) is 0 Å². The van der Waals surface area contributed by atoms with Crippen molar-refractivity contribution in [3.63, 3.8) is 0 Å². The number of rotatable bonds is 5. The minimum atomic E-state index is -0.832. The molecule has 5 heteroatoms. The summed E-state index contributed by atoms with van der Waals surface area (Å²) in [7, 11) is 0. The molecule has 2 unspecified atom stereocenters. The summed E-state index contributed by atoms with van der Waals surface area (Å²) < 4.78 is 1.93. The third-order valence-electron chi connectivity index (χ3n) is 2.49. The van der Waals surface area contributed by atoms with E-state index < -0.39 is 5.97 Å². The molecule has 0 spiro atoms. The van der Waals surface area contributed by atoms with Gasteiger partial charge in [0.15, 0.2) is 0 Å². The first kappa shape index (κ1) is 11.7. The molecular weight excluding hydrogens is 194 g/mol. The average Bonchev–Trinajstić information content (AvgIpc) is 2.60. The third-order valence-corrected chi connectivity index (χ3v) is 2.49. The number of carboxylic acid groups (broad SMARTS) is 1. The monoisotopic (exact) mass is 211 g/mol. The van der Waals surface area contributed by atoms with Crippen LogP contribution in [0.3, 0.4) is 0 Å². The van der Waals surface area contributed by atoms with Crippen LogP contribution in [0.25, 0.3) is 0 Å². The van der Waals surface area contributed by atoms with Gasteiger partial charge in [-0.2, -0.15) is 0 Å². The number of aryl methyl sites for hydroxylation is 1. The number of carbonyl (C=O) groups is 1. The van der Waals surface area contributed by atoms with Crippen molar-refractivity contribution in [2.45, 2.75) is 38.8 Å².